The second kappa shape index (κ2) is 6.75. The number of rotatable bonds is 3. The van der Waals surface area contributed by atoms with E-state index < -0.39 is 10.0 Å². The third-order valence-corrected chi connectivity index (χ3v) is 8.31. The van der Waals surface area contributed by atoms with Crippen LogP contribution in [-0.2, 0) is 14.8 Å². The molecule has 0 N–H and O–H groups in total. The van der Waals surface area contributed by atoms with Crippen LogP contribution in [0.4, 0.5) is 0 Å². The summed E-state index contributed by atoms with van der Waals surface area (Å²) in [4.78, 5) is 1.53. The molecule has 0 unspecified atom stereocenters. The number of benzene rings is 1. The molecule has 0 aliphatic carbocycles. The van der Waals surface area contributed by atoms with E-state index in [1.807, 2.05) is 29.6 Å². The van der Waals surface area contributed by atoms with E-state index in [1.165, 1.54) is 0 Å². The minimum absolute atomic E-state index is 0.0835. The number of thiophene rings is 1. The first-order valence-corrected chi connectivity index (χ1v) is 11.5. The number of ether oxygens (including phenoxy) is 1. The monoisotopic (exact) mass is 391 g/mol. The minimum Gasteiger partial charge on any atom is -0.372 e. The molecule has 0 spiro atoms. The van der Waals surface area contributed by atoms with Crippen LogP contribution >= 0.6 is 11.3 Å². The van der Waals surface area contributed by atoms with E-state index in [0.717, 1.165) is 29.7 Å². The molecule has 0 saturated carbocycles. The average molecular weight is 392 g/mol. The minimum atomic E-state index is -3.45. The van der Waals surface area contributed by atoms with Gasteiger partial charge in [-0.15, -0.1) is 11.3 Å². The Morgan fingerprint density at radius 3 is 2.62 bits per heavy atom. The first-order chi connectivity index (χ1) is 12.4. The second-order valence-electron chi connectivity index (χ2n) is 7.87. The van der Waals surface area contributed by atoms with Gasteiger partial charge in [-0.3, -0.25) is 0 Å². The molecule has 2 aromatic rings. The van der Waals surface area contributed by atoms with Crippen LogP contribution in [0.5, 0.6) is 0 Å². The van der Waals surface area contributed by atoms with Gasteiger partial charge in [-0.05, 0) is 68.2 Å². The highest BCUT2D eigenvalue weighted by Gasteiger charge is 2.41. The van der Waals surface area contributed by atoms with Crippen LogP contribution in [-0.4, -0.2) is 37.5 Å². The largest absolute Gasteiger partial charge is 0.372 e. The van der Waals surface area contributed by atoms with E-state index in [-0.39, 0.29) is 11.7 Å². The maximum atomic E-state index is 13.1. The number of piperidine rings is 1. The molecule has 26 heavy (non-hydrogen) atoms. The predicted octanol–water partition coefficient (Wildman–Crippen LogP) is 4.38. The molecule has 2 fully saturated rings. The fourth-order valence-electron chi connectivity index (χ4n) is 4.01. The highest BCUT2D eigenvalue weighted by Crippen LogP contribution is 2.37. The molecule has 4 rings (SSSR count). The lowest BCUT2D eigenvalue weighted by molar-refractivity contribution is -0.148. The first-order valence-electron chi connectivity index (χ1n) is 9.17. The SMILES string of the molecule is CC1(C)CC[C@H]2CN(S(=O)(=O)c3ccc(-c4cccs4)cc3)CC[C@H]2O1. The van der Waals surface area contributed by atoms with Crippen LogP contribution in [0.2, 0.25) is 0 Å². The summed E-state index contributed by atoms with van der Waals surface area (Å²) < 4.78 is 34.0. The lowest BCUT2D eigenvalue weighted by Crippen LogP contribution is -2.51. The molecular formula is C20H25NO3S2. The van der Waals surface area contributed by atoms with Gasteiger partial charge in [-0.25, -0.2) is 8.42 Å². The smallest absolute Gasteiger partial charge is 0.243 e. The van der Waals surface area contributed by atoms with Gasteiger partial charge in [0, 0.05) is 18.0 Å². The van der Waals surface area contributed by atoms with Crippen molar-refractivity contribution in [1.82, 2.24) is 4.31 Å². The van der Waals surface area contributed by atoms with E-state index in [1.54, 1.807) is 27.8 Å². The zero-order chi connectivity index (χ0) is 18.4. The Balaban J connectivity index is 1.50. The number of nitrogens with zero attached hydrogens (tertiary/aromatic N) is 1. The van der Waals surface area contributed by atoms with Crippen LogP contribution < -0.4 is 0 Å². The van der Waals surface area contributed by atoms with Crippen molar-refractivity contribution in [3.63, 3.8) is 0 Å². The molecular weight excluding hydrogens is 366 g/mol. The molecule has 1 aromatic carbocycles. The number of sulfonamides is 1. The highest BCUT2D eigenvalue weighted by atomic mass is 32.2. The van der Waals surface area contributed by atoms with Crippen LogP contribution in [0.3, 0.4) is 0 Å². The molecule has 4 nitrogen and oxygen atoms in total. The predicted molar refractivity (Wildman–Crippen MR) is 105 cm³/mol. The van der Waals surface area contributed by atoms with Crippen molar-refractivity contribution >= 4 is 21.4 Å². The van der Waals surface area contributed by atoms with Gasteiger partial charge in [0.25, 0.3) is 0 Å². The van der Waals surface area contributed by atoms with Gasteiger partial charge in [0.2, 0.25) is 10.0 Å². The third-order valence-electron chi connectivity index (χ3n) is 5.51. The zero-order valence-electron chi connectivity index (χ0n) is 15.2. The molecule has 0 bridgehead atoms. The summed E-state index contributed by atoms with van der Waals surface area (Å²) in [5, 5.41) is 2.03. The molecule has 3 heterocycles. The Morgan fingerprint density at radius 2 is 1.92 bits per heavy atom. The van der Waals surface area contributed by atoms with Crippen molar-refractivity contribution in [3.05, 3.63) is 41.8 Å². The average Bonchev–Trinajstić information content (AvgIpc) is 3.15. The lowest BCUT2D eigenvalue weighted by atomic mass is 9.83. The molecule has 140 valence electrons. The summed E-state index contributed by atoms with van der Waals surface area (Å²) in [6.45, 7) is 5.35. The normalized spacial score (nSPS) is 26.4. The molecule has 2 atom stereocenters. The zero-order valence-corrected chi connectivity index (χ0v) is 16.9. The molecule has 6 heteroatoms. The van der Waals surface area contributed by atoms with Gasteiger partial charge in [-0.2, -0.15) is 4.31 Å². The number of hydrogen-bond donors (Lipinski definition) is 0. The van der Waals surface area contributed by atoms with Crippen molar-refractivity contribution < 1.29 is 13.2 Å². The van der Waals surface area contributed by atoms with Crippen LogP contribution in [0.1, 0.15) is 33.1 Å². The van der Waals surface area contributed by atoms with Crippen molar-refractivity contribution in [2.24, 2.45) is 5.92 Å². The van der Waals surface area contributed by atoms with Gasteiger partial charge in [-0.1, -0.05) is 18.2 Å². The van der Waals surface area contributed by atoms with Crippen LogP contribution in [0, 0.1) is 5.92 Å². The van der Waals surface area contributed by atoms with Gasteiger partial charge in [0.15, 0.2) is 0 Å². The topological polar surface area (TPSA) is 46.6 Å². The summed E-state index contributed by atoms with van der Waals surface area (Å²) >= 11 is 1.66. The maximum Gasteiger partial charge on any atom is 0.243 e. The maximum absolute atomic E-state index is 13.1. The Hall–Kier alpha value is -1.21. The molecule has 2 saturated heterocycles. The van der Waals surface area contributed by atoms with Crippen LogP contribution in [0.15, 0.2) is 46.7 Å². The Kier molecular flexibility index (Phi) is 4.72. The molecule has 1 aromatic heterocycles. The van der Waals surface area contributed by atoms with Gasteiger partial charge in [0.1, 0.15) is 0 Å². The van der Waals surface area contributed by atoms with Crippen molar-refractivity contribution in [1.29, 1.82) is 0 Å². The van der Waals surface area contributed by atoms with Crippen LogP contribution in [0.25, 0.3) is 10.4 Å². The van der Waals surface area contributed by atoms with E-state index >= 15 is 0 Å². The standard InChI is InChI=1S/C20H25NO3S2/c1-20(2)11-9-16-14-21(12-10-18(16)24-20)26(22,23)17-7-5-15(6-8-17)19-4-3-13-25-19/h3-8,13,16,18H,9-12,14H2,1-2H3/t16-,18+/m0/s1. The van der Waals surface area contributed by atoms with Gasteiger partial charge >= 0.3 is 0 Å². The van der Waals surface area contributed by atoms with E-state index in [4.69, 9.17) is 4.74 Å². The van der Waals surface area contributed by atoms with Crippen molar-refractivity contribution in [2.75, 3.05) is 13.1 Å². The quantitative estimate of drug-likeness (QED) is 0.780. The van der Waals surface area contributed by atoms with Gasteiger partial charge < -0.3 is 4.74 Å². The fraction of sp³-hybridized carbons (Fsp3) is 0.500. The summed E-state index contributed by atoms with van der Waals surface area (Å²) in [5.74, 6) is 0.303. The number of hydrogen-bond acceptors (Lipinski definition) is 4. The summed E-state index contributed by atoms with van der Waals surface area (Å²) in [6, 6.07) is 11.3. The summed E-state index contributed by atoms with van der Waals surface area (Å²) in [6.07, 6.45) is 2.98. The Bertz CT molecular complexity index is 857. The summed E-state index contributed by atoms with van der Waals surface area (Å²) in [7, 11) is -3.45. The first kappa shape index (κ1) is 18.2. The second-order valence-corrected chi connectivity index (χ2v) is 10.8. The van der Waals surface area contributed by atoms with Crippen molar-refractivity contribution in [2.45, 2.75) is 49.7 Å². The molecule has 2 aliphatic rings. The molecule has 0 radical (unpaired) electrons. The Labute approximate surface area is 159 Å². The van der Waals surface area contributed by atoms with E-state index in [2.05, 4.69) is 13.8 Å². The third kappa shape index (κ3) is 3.48. The van der Waals surface area contributed by atoms with Crippen molar-refractivity contribution in [3.8, 4) is 10.4 Å². The molecule has 2 aliphatic heterocycles. The Morgan fingerprint density at radius 1 is 1.15 bits per heavy atom. The molecule has 0 amide bonds. The highest BCUT2D eigenvalue weighted by molar-refractivity contribution is 7.89. The van der Waals surface area contributed by atoms with E-state index in [0.29, 0.717) is 23.9 Å². The van der Waals surface area contributed by atoms with Gasteiger partial charge in [0.05, 0.1) is 16.6 Å². The lowest BCUT2D eigenvalue weighted by Gasteiger charge is -2.46. The van der Waals surface area contributed by atoms with E-state index in [9.17, 15) is 8.42 Å². The summed E-state index contributed by atoms with van der Waals surface area (Å²) in [5.41, 5.74) is 0.973. The number of fused-ring (bicyclic) bond motifs is 1. The fourth-order valence-corrected chi connectivity index (χ4v) is 6.26.